The Morgan fingerprint density at radius 1 is 1.21 bits per heavy atom. The highest BCUT2D eigenvalue weighted by molar-refractivity contribution is 5.80. The van der Waals surface area contributed by atoms with Gasteiger partial charge in [0, 0.05) is 25.6 Å². The summed E-state index contributed by atoms with van der Waals surface area (Å²) in [7, 11) is 0. The second-order valence-corrected chi connectivity index (χ2v) is 4.93. The van der Waals surface area contributed by atoms with E-state index in [-0.39, 0.29) is 11.8 Å². The van der Waals surface area contributed by atoms with Gasteiger partial charge in [0.1, 0.15) is 0 Å². The zero-order valence-corrected chi connectivity index (χ0v) is 10.8. The molecule has 5 heteroatoms. The van der Waals surface area contributed by atoms with Crippen molar-refractivity contribution < 1.29 is 14.3 Å². The van der Waals surface area contributed by atoms with Crippen LogP contribution >= 0.6 is 0 Å². The van der Waals surface area contributed by atoms with Crippen molar-refractivity contribution in [3.63, 3.8) is 0 Å². The van der Waals surface area contributed by atoms with Gasteiger partial charge in [-0.15, -0.1) is 0 Å². The third-order valence-corrected chi connectivity index (χ3v) is 3.32. The molecule has 1 saturated carbocycles. The number of amides is 1. The Hall–Kier alpha value is -1.75. The zero-order valence-electron chi connectivity index (χ0n) is 10.8. The zero-order chi connectivity index (χ0) is 13.1. The number of hydrogen-bond acceptors (Lipinski definition) is 4. The Kier molecular flexibility index (Phi) is 3.55. The number of carbonyl (C=O) groups excluding carboxylic acids is 1. The van der Waals surface area contributed by atoms with Crippen molar-refractivity contribution in [1.82, 2.24) is 10.6 Å². The van der Waals surface area contributed by atoms with Gasteiger partial charge in [-0.1, -0.05) is 6.07 Å². The molecule has 1 aromatic carbocycles. The summed E-state index contributed by atoms with van der Waals surface area (Å²) in [6.07, 6.45) is 2.10. The number of fused-ring (bicyclic) bond motifs is 1. The molecule has 1 aliphatic carbocycles. The van der Waals surface area contributed by atoms with Gasteiger partial charge in [-0.25, -0.2) is 0 Å². The molecule has 3 rings (SSSR count). The minimum Gasteiger partial charge on any atom is -0.454 e. The lowest BCUT2D eigenvalue weighted by Crippen LogP contribution is -2.32. The van der Waals surface area contributed by atoms with Crippen molar-refractivity contribution in [2.24, 2.45) is 5.92 Å². The first kappa shape index (κ1) is 12.3. The van der Waals surface area contributed by atoms with E-state index >= 15 is 0 Å². The molecule has 2 aliphatic rings. The van der Waals surface area contributed by atoms with Crippen molar-refractivity contribution in [3.05, 3.63) is 23.8 Å². The van der Waals surface area contributed by atoms with Crippen LogP contribution in [0.4, 0.5) is 0 Å². The predicted octanol–water partition coefficient (Wildman–Crippen LogP) is 1.03. The largest absolute Gasteiger partial charge is 0.454 e. The van der Waals surface area contributed by atoms with Crippen molar-refractivity contribution in [2.75, 3.05) is 19.9 Å². The molecule has 102 valence electrons. The van der Waals surface area contributed by atoms with Crippen LogP contribution in [0.2, 0.25) is 0 Å². The van der Waals surface area contributed by atoms with Crippen molar-refractivity contribution in [1.29, 1.82) is 0 Å². The maximum absolute atomic E-state index is 11.4. The smallest absolute Gasteiger partial charge is 0.231 e. The molecule has 1 aromatic rings. The molecule has 5 nitrogen and oxygen atoms in total. The third kappa shape index (κ3) is 3.17. The maximum Gasteiger partial charge on any atom is 0.231 e. The van der Waals surface area contributed by atoms with E-state index in [1.54, 1.807) is 0 Å². The lowest BCUT2D eigenvalue weighted by Gasteiger charge is -2.07. The molecule has 0 aromatic heterocycles. The lowest BCUT2D eigenvalue weighted by molar-refractivity contribution is -0.122. The topological polar surface area (TPSA) is 59.6 Å². The summed E-state index contributed by atoms with van der Waals surface area (Å²) in [6.45, 7) is 2.52. The van der Waals surface area contributed by atoms with Crippen molar-refractivity contribution in [3.8, 4) is 11.5 Å². The van der Waals surface area contributed by atoms with Gasteiger partial charge in [0.15, 0.2) is 11.5 Å². The van der Waals surface area contributed by atoms with Crippen molar-refractivity contribution in [2.45, 2.75) is 19.4 Å². The molecule has 0 unspecified atom stereocenters. The number of nitrogens with one attached hydrogen (secondary N) is 2. The Balaban J connectivity index is 1.36. The van der Waals surface area contributed by atoms with Gasteiger partial charge in [-0.3, -0.25) is 4.79 Å². The van der Waals surface area contributed by atoms with E-state index in [4.69, 9.17) is 9.47 Å². The summed E-state index contributed by atoms with van der Waals surface area (Å²) in [6, 6.07) is 5.93. The fourth-order valence-corrected chi connectivity index (χ4v) is 2.05. The highest BCUT2D eigenvalue weighted by Crippen LogP contribution is 2.32. The first-order chi connectivity index (χ1) is 9.33. The van der Waals surface area contributed by atoms with Gasteiger partial charge < -0.3 is 20.1 Å². The molecular weight excluding hydrogens is 244 g/mol. The van der Waals surface area contributed by atoms with Gasteiger partial charge in [-0.2, -0.15) is 0 Å². The second-order valence-electron chi connectivity index (χ2n) is 4.93. The Labute approximate surface area is 112 Å². The Morgan fingerprint density at radius 3 is 2.89 bits per heavy atom. The molecule has 0 saturated heterocycles. The summed E-state index contributed by atoms with van der Waals surface area (Å²) in [5.41, 5.74) is 1.15. The highest BCUT2D eigenvalue weighted by atomic mass is 16.7. The monoisotopic (exact) mass is 262 g/mol. The van der Waals surface area contributed by atoms with E-state index in [0.717, 1.165) is 43.0 Å². The predicted molar refractivity (Wildman–Crippen MR) is 70.0 cm³/mol. The van der Waals surface area contributed by atoms with E-state index in [1.165, 1.54) is 0 Å². The highest BCUT2D eigenvalue weighted by Gasteiger charge is 2.28. The van der Waals surface area contributed by atoms with Gasteiger partial charge in [0.25, 0.3) is 0 Å². The number of benzene rings is 1. The molecule has 19 heavy (non-hydrogen) atoms. The maximum atomic E-state index is 11.4. The average molecular weight is 262 g/mol. The van der Waals surface area contributed by atoms with E-state index < -0.39 is 0 Å². The van der Waals surface area contributed by atoms with Crippen LogP contribution in [0.3, 0.4) is 0 Å². The normalized spacial score (nSPS) is 16.4. The molecule has 0 atom stereocenters. The number of rotatable bonds is 6. The first-order valence-corrected chi connectivity index (χ1v) is 6.70. The number of ether oxygens (including phenoxy) is 2. The SMILES string of the molecule is O=C(NCCNCc1ccc2c(c1)OCO2)C1CC1. The van der Waals surface area contributed by atoms with Gasteiger partial charge in [0.2, 0.25) is 12.7 Å². The van der Waals surface area contributed by atoms with E-state index in [9.17, 15) is 4.79 Å². The molecule has 1 fully saturated rings. The molecule has 0 radical (unpaired) electrons. The Bertz CT molecular complexity index is 472. The second kappa shape index (κ2) is 5.48. The average Bonchev–Trinajstić information content (AvgIpc) is 3.17. The fourth-order valence-electron chi connectivity index (χ4n) is 2.05. The summed E-state index contributed by atoms with van der Waals surface area (Å²) in [4.78, 5) is 11.4. The van der Waals surface area contributed by atoms with Crippen LogP contribution in [0.15, 0.2) is 18.2 Å². The molecule has 1 amide bonds. The molecule has 1 heterocycles. The van der Waals surface area contributed by atoms with Crippen LogP contribution in [0.25, 0.3) is 0 Å². The molecule has 2 N–H and O–H groups in total. The molecule has 0 spiro atoms. The molecular formula is C14H18N2O3. The number of carbonyl (C=O) groups is 1. The van der Waals surface area contributed by atoms with Gasteiger partial charge in [0.05, 0.1) is 0 Å². The summed E-state index contributed by atoms with van der Waals surface area (Å²) in [5, 5.41) is 6.22. The quantitative estimate of drug-likeness (QED) is 0.752. The number of hydrogen-bond donors (Lipinski definition) is 2. The van der Waals surface area contributed by atoms with Crippen LogP contribution in [-0.2, 0) is 11.3 Å². The summed E-state index contributed by atoms with van der Waals surface area (Å²) >= 11 is 0. The minimum atomic E-state index is 0.199. The van der Waals surface area contributed by atoms with Crippen LogP contribution in [0.5, 0.6) is 11.5 Å². The van der Waals surface area contributed by atoms with Crippen LogP contribution < -0.4 is 20.1 Å². The lowest BCUT2D eigenvalue weighted by atomic mass is 10.2. The van der Waals surface area contributed by atoms with Crippen molar-refractivity contribution >= 4 is 5.91 Å². The van der Waals surface area contributed by atoms with Gasteiger partial charge in [-0.05, 0) is 30.5 Å². The molecule has 1 aliphatic heterocycles. The first-order valence-electron chi connectivity index (χ1n) is 6.70. The van der Waals surface area contributed by atoms with Gasteiger partial charge >= 0.3 is 0 Å². The summed E-state index contributed by atoms with van der Waals surface area (Å²) < 4.78 is 10.6. The van der Waals surface area contributed by atoms with E-state index in [1.807, 2.05) is 18.2 Å². The van der Waals surface area contributed by atoms with Crippen LogP contribution in [-0.4, -0.2) is 25.8 Å². The summed E-state index contributed by atoms with van der Waals surface area (Å²) in [5.74, 6) is 2.10. The van der Waals surface area contributed by atoms with Crippen LogP contribution in [0, 0.1) is 5.92 Å². The third-order valence-electron chi connectivity index (χ3n) is 3.32. The standard InChI is InChI=1S/C14H18N2O3/c17-14(11-2-3-11)16-6-5-15-8-10-1-4-12-13(7-10)19-9-18-12/h1,4,7,11,15H,2-3,5-6,8-9H2,(H,16,17). The molecule has 0 bridgehead atoms. The van der Waals surface area contributed by atoms with E-state index in [2.05, 4.69) is 10.6 Å². The van der Waals surface area contributed by atoms with Crippen LogP contribution in [0.1, 0.15) is 18.4 Å². The fraction of sp³-hybridized carbons (Fsp3) is 0.500. The minimum absolute atomic E-state index is 0.199. The van der Waals surface area contributed by atoms with E-state index in [0.29, 0.717) is 13.3 Å². The Morgan fingerprint density at radius 2 is 2.05 bits per heavy atom.